The molecule has 0 heterocycles. The maximum absolute atomic E-state index is 5.81. The van der Waals surface area contributed by atoms with E-state index in [-0.39, 0.29) is 0 Å². The van der Waals surface area contributed by atoms with Crippen molar-refractivity contribution in [3.8, 4) is 5.75 Å². The van der Waals surface area contributed by atoms with E-state index in [9.17, 15) is 0 Å². The molecule has 1 fully saturated rings. The topological polar surface area (TPSA) is 30.5 Å². The largest absolute Gasteiger partial charge is 0.493 e. The molecular formula is C16H25NO2. The molecule has 0 spiro atoms. The fourth-order valence-electron chi connectivity index (χ4n) is 2.06. The normalized spacial score (nSPS) is 14.6. The zero-order valence-corrected chi connectivity index (χ0v) is 12.1. The molecule has 1 saturated carbocycles. The number of methoxy groups -OCH3 is 1. The van der Waals surface area contributed by atoms with Crippen LogP contribution in [0.4, 0.5) is 0 Å². The molecule has 3 nitrogen and oxygen atoms in total. The maximum Gasteiger partial charge on any atom is 0.119 e. The molecule has 1 N–H and O–H groups in total. The molecule has 0 atom stereocenters. The summed E-state index contributed by atoms with van der Waals surface area (Å²) in [6, 6.07) is 7.32. The first-order chi connectivity index (χ1) is 9.31. The maximum atomic E-state index is 5.81. The first-order valence-electron chi connectivity index (χ1n) is 7.29. The summed E-state index contributed by atoms with van der Waals surface area (Å²) in [6.45, 7) is 4.61. The van der Waals surface area contributed by atoms with Crippen molar-refractivity contribution in [2.75, 3.05) is 20.3 Å². The van der Waals surface area contributed by atoms with Crippen molar-refractivity contribution >= 4 is 0 Å². The lowest BCUT2D eigenvalue weighted by molar-refractivity contribution is 0.172. The molecule has 1 aliphatic carbocycles. The van der Waals surface area contributed by atoms with Gasteiger partial charge in [0, 0.05) is 32.7 Å². The highest BCUT2D eigenvalue weighted by Gasteiger charge is 2.20. The van der Waals surface area contributed by atoms with Gasteiger partial charge in [0.25, 0.3) is 0 Å². The van der Waals surface area contributed by atoms with Gasteiger partial charge in [-0.25, -0.2) is 0 Å². The van der Waals surface area contributed by atoms with Crippen LogP contribution in [-0.4, -0.2) is 26.4 Å². The quantitative estimate of drug-likeness (QED) is 0.695. The van der Waals surface area contributed by atoms with Crippen LogP contribution in [0.5, 0.6) is 5.75 Å². The molecule has 0 amide bonds. The summed E-state index contributed by atoms with van der Waals surface area (Å²) in [5, 5.41) is 3.55. The molecule has 2 rings (SSSR count). The molecule has 1 aromatic rings. The second kappa shape index (κ2) is 7.51. The number of benzene rings is 1. The van der Waals surface area contributed by atoms with E-state index in [4.69, 9.17) is 9.47 Å². The van der Waals surface area contributed by atoms with E-state index in [1.807, 2.05) is 0 Å². The van der Waals surface area contributed by atoms with Gasteiger partial charge in [0.1, 0.15) is 5.75 Å². The fourth-order valence-corrected chi connectivity index (χ4v) is 2.06. The van der Waals surface area contributed by atoms with Crippen LogP contribution < -0.4 is 10.1 Å². The Hall–Kier alpha value is -1.06. The average molecular weight is 263 g/mol. The Bertz CT molecular complexity index is 388. The van der Waals surface area contributed by atoms with Crippen molar-refractivity contribution < 1.29 is 9.47 Å². The Morgan fingerprint density at radius 3 is 2.63 bits per heavy atom. The number of rotatable bonds is 9. The smallest absolute Gasteiger partial charge is 0.119 e. The number of hydrogen-bond donors (Lipinski definition) is 1. The lowest BCUT2D eigenvalue weighted by Gasteiger charge is -2.11. The van der Waals surface area contributed by atoms with Gasteiger partial charge >= 0.3 is 0 Å². The van der Waals surface area contributed by atoms with Gasteiger partial charge in [-0.3, -0.25) is 0 Å². The minimum atomic E-state index is 0.719. The monoisotopic (exact) mass is 263 g/mol. The van der Waals surface area contributed by atoms with Crippen molar-refractivity contribution in [2.45, 2.75) is 45.2 Å². The molecule has 0 bridgehead atoms. The van der Waals surface area contributed by atoms with Gasteiger partial charge in [0.05, 0.1) is 6.61 Å². The van der Waals surface area contributed by atoms with Crippen molar-refractivity contribution in [2.24, 2.45) is 0 Å². The van der Waals surface area contributed by atoms with E-state index < -0.39 is 0 Å². The molecule has 0 unspecified atom stereocenters. The number of aryl methyl sites for hydroxylation is 1. The van der Waals surface area contributed by atoms with Crippen LogP contribution in [0.15, 0.2) is 18.2 Å². The third-order valence-electron chi connectivity index (χ3n) is 3.37. The average Bonchev–Trinajstić information content (AvgIpc) is 3.25. The summed E-state index contributed by atoms with van der Waals surface area (Å²) in [5.41, 5.74) is 2.67. The molecule has 0 aliphatic heterocycles. The summed E-state index contributed by atoms with van der Waals surface area (Å²) in [4.78, 5) is 0. The molecule has 3 heteroatoms. The molecule has 0 saturated heterocycles. The van der Waals surface area contributed by atoms with Crippen LogP contribution in [0.1, 0.15) is 37.3 Å². The standard InChI is InChI=1S/C16H25NO2/c1-3-13-9-14(12-17-15-5-6-15)11-16(10-13)19-8-4-7-18-2/h9-11,15,17H,3-8,12H2,1-2H3. The van der Waals surface area contributed by atoms with Gasteiger partial charge in [-0.1, -0.05) is 13.0 Å². The first kappa shape index (κ1) is 14.4. The molecular weight excluding hydrogens is 238 g/mol. The van der Waals surface area contributed by atoms with E-state index in [0.29, 0.717) is 0 Å². The second-order valence-electron chi connectivity index (χ2n) is 5.19. The van der Waals surface area contributed by atoms with Crippen molar-refractivity contribution in [3.05, 3.63) is 29.3 Å². The van der Waals surface area contributed by atoms with Crippen LogP contribution >= 0.6 is 0 Å². The highest BCUT2D eigenvalue weighted by molar-refractivity contribution is 5.34. The summed E-state index contributed by atoms with van der Waals surface area (Å²) >= 11 is 0. The molecule has 1 aliphatic rings. The van der Waals surface area contributed by atoms with Gasteiger partial charge in [-0.2, -0.15) is 0 Å². The lowest BCUT2D eigenvalue weighted by atomic mass is 10.1. The van der Waals surface area contributed by atoms with E-state index in [1.165, 1.54) is 24.0 Å². The number of hydrogen-bond acceptors (Lipinski definition) is 3. The lowest BCUT2D eigenvalue weighted by Crippen LogP contribution is -2.15. The SMILES string of the molecule is CCc1cc(CNC2CC2)cc(OCCCOC)c1. The summed E-state index contributed by atoms with van der Waals surface area (Å²) in [6.07, 6.45) is 4.63. The highest BCUT2D eigenvalue weighted by atomic mass is 16.5. The van der Waals surface area contributed by atoms with Gasteiger partial charge in [-0.05, 0) is 42.5 Å². The molecule has 0 aromatic heterocycles. The van der Waals surface area contributed by atoms with Crippen LogP contribution in [0.2, 0.25) is 0 Å². The van der Waals surface area contributed by atoms with Gasteiger partial charge in [0.15, 0.2) is 0 Å². The predicted molar refractivity (Wildman–Crippen MR) is 77.7 cm³/mol. The van der Waals surface area contributed by atoms with Crippen molar-refractivity contribution in [1.82, 2.24) is 5.32 Å². The van der Waals surface area contributed by atoms with Gasteiger partial charge in [-0.15, -0.1) is 0 Å². The first-order valence-corrected chi connectivity index (χ1v) is 7.29. The number of ether oxygens (including phenoxy) is 2. The molecule has 106 valence electrons. The van der Waals surface area contributed by atoms with E-state index in [1.54, 1.807) is 7.11 Å². The zero-order chi connectivity index (χ0) is 13.5. The van der Waals surface area contributed by atoms with Crippen LogP contribution in [0.3, 0.4) is 0 Å². The zero-order valence-electron chi connectivity index (χ0n) is 12.1. The van der Waals surface area contributed by atoms with Crippen LogP contribution in [-0.2, 0) is 17.7 Å². The van der Waals surface area contributed by atoms with Crippen LogP contribution in [0, 0.1) is 0 Å². The minimum Gasteiger partial charge on any atom is -0.493 e. The Balaban J connectivity index is 1.89. The Kier molecular flexibility index (Phi) is 5.67. The minimum absolute atomic E-state index is 0.719. The third kappa shape index (κ3) is 5.21. The Morgan fingerprint density at radius 1 is 1.16 bits per heavy atom. The van der Waals surface area contributed by atoms with Crippen molar-refractivity contribution in [3.63, 3.8) is 0 Å². The summed E-state index contributed by atoms with van der Waals surface area (Å²) in [5.74, 6) is 0.989. The highest BCUT2D eigenvalue weighted by Crippen LogP contribution is 2.22. The molecule has 0 radical (unpaired) electrons. The fraction of sp³-hybridized carbons (Fsp3) is 0.625. The molecule has 1 aromatic carbocycles. The predicted octanol–water partition coefficient (Wildman–Crippen LogP) is 2.92. The van der Waals surface area contributed by atoms with E-state index in [2.05, 4.69) is 30.4 Å². The van der Waals surface area contributed by atoms with Crippen molar-refractivity contribution in [1.29, 1.82) is 0 Å². The van der Waals surface area contributed by atoms with Gasteiger partial charge in [0.2, 0.25) is 0 Å². The summed E-state index contributed by atoms with van der Waals surface area (Å²) < 4.78 is 10.8. The van der Waals surface area contributed by atoms with Gasteiger partial charge < -0.3 is 14.8 Å². The Morgan fingerprint density at radius 2 is 1.95 bits per heavy atom. The summed E-state index contributed by atoms with van der Waals surface area (Å²) in [7, 11) is 1.72. The van der Waals surface area contributed by atoms with Crippen LogP contribution in [0.25, 0.3) is 0 Å². The third-order valence-corrected chi connectivity index (χ3v) is 3.37. The van der Waals surface area contributed by atoms with E-state index >= 15 is 0 Å². The Labute approximate surface area is 116 Å². The number of nitrogens with one attached hydrogen (secondary N) is 1. The van der Waals surface area contributed by atoms with E-state index in [0.717, 1.165) is 44.4 Å². The second-order valence-corrected chi connectivity index (χ2v) is 5.19. The molecule has 19 heavy (non-hydrogen) atoms.